The van der Waals surface area contributed by atoms with E-state index in [0.29, 0.717) is 0 Å². The smallest absolute Gasteiger partial charge is 0.158 e. The molecule has 0 saturated carbocycles. The maximum Gasteiger partial charge on any atom is 0.158 e. The van der Waals surface area contributed by atoms with E-state index >= 15 is 0 Å². The summed E-state index contributed by atoms with van der Waals surface area (Å²) in [6, 6.07) is 11.8. The Balaban J connectivity index is 0.00000242. The molecule has 0 aliphatic rings. The summed E-state index contributed by atoms with van der Waals surface area (Å²) >= 11 is 5.90. The van der Waals surface area contributed by atoms with Crippen LogP contribution in [-0.2, 0) is 6.54 Å². The summed E-state index contributed by atoms with van der Waals surface area (Å²) in [5, 5.41) is 3.06. The molecule has 1 aromatic carbocycles. The van der Waals surface area contributed by atoms with Gasteiger partial charge in [0.15, 0.2) is 5.76 Å². The van der Waals surface area contributed by atoms with Crippen LogP contribution >= 0.6 is 11.6 Å². The average molecular weight is 380 g/mol. The van der Waals surface area contributed by atoms with Gasteiger partial charge in [-0.3, -0.25) is 0 Å². The number of rotatable bonds is 8. The summed E-state index contributed by atoms with van der Waals surface area (Å²) in [7, 11) is 0. The number of hydrogen-bond donors (Lipinski definition) is 2. The van der Waals surface area contributed by atoms with E-state index in [1.54, 1.807) is 4.90 Å². The molecule has 0 amide bonds. The highest BCUT2D eigenvalue weighted by molar-refractivity contribution is 6.30. The molecule has 0 spiro atoms. The Kier molecular flexibility index (Phi) is 11.4. The fraction of sp³-hybridized carbons (Fsp3) is 0.412. The van der Waals surface area contributed by atoms with Gasteiger partial charge >= 0.3 is 0 Å². The lowest BCUT2D eigenvalue weighted by Crippen LogP contribution is -3.14. The predicted octanol–water partition coefficient (Wildman–Crippen LogP) is -4.40. The fourth-order valence-corrected chi connectivity index (χ4v) is 2.54. The fourth-order valence-electron chi connectivity index (χ4n) is 2.41. The zero-order valence-electron chi connectivity index (χ0n) is 13.6. The topological polar surface area (TPSA) is 34.2 Å². The second kappa shape index (κ2) is 11.8. The van der Waals surface area contributed by atoms with Gasteiger partial charge in [-0.25, -0.2) is 0 Å². The van der Waals surface area contributed by atoms with Gasteiger partial charge in [-0.2, -0.15) is 0 Å². The van der Waals surface area contributed by atoms with E-state index in [1.165, 1.54) is 19.6 Å². The molecule has 0 bridgehead atoms. The number of furan rings is 1. The molecule has 0 aliphatic carbocycles. The highest BCUT2D eigenvalue weighted by Crippen LogP contribution is 2.23. The standard InChI is InChI=1S/C17H23ClN2O.2ClH/c1-3-20(4-2)12-11-19-13-16-9-10-17(21-16)14-5-7-15(18)8-6-14;;/h5-10,19H,3-4,11-13H2,1-2H3;2*1H. The molecule has 130 valence electrons. The number of nitrogens with two attached hydrogens (primary N) is 1. The van der Waals surface area contributed by atoms with Crippen LogP contribution in [-0.4, -0.2) is 26.2 Å². The van der Waals surface area contributed by atoms with Gasteiger partial charge < -0.3 is 39.4 Å². The van der Waals surface area contributed by atoms with Gasteiger partial charge in [0.25, 0.3) is 0 Å². The van der Waals surface area contributed by atoms with E-state index in [0.717, 1.165) is 35.2 Å². The van der Waals surface area contributed by atoms with Crippen molar-refractivity contribution in [3.63, 3.8) is 0 Å². The maximum atomic E-state index is 5.90. The highest BCUT2D eigenvalue weighted by Gasteiger charge is 2.07. The third kappa shape index (κ3) is 7.15. The van der Waals surface area contributed by atoms with Crippen LogP contribution < -0.4 is 35.0 Å². The lowest BCUT2D eigenvalue weighted by Gasteiger charge is -2.13. The van der Waals surface area contributed by atoms with Crippen molar-refractivity contribution < 1.29 is 39.4 Å². The predicted molar refractivity (Wildman–Crippen MR) is 86.6 cm³/mol. The summed E-state index contributed by atoms with van der Waals surface area (Å²) < 4.78 is 5.89. The Hall–Kier alpha value is -0.710. The minimum atomic E-state index is 0. The molecule has 0 fully saturated rings. The third-order valence-corrected chi connectivity index (χ3v) is 4.09. The number of nitrogens with one attached hydrogen (secondary N) is 1. The second-order valence-electron chi connectivity index (χ2n) is 5.26. The summed E-state index contributed by atoms with van der Waals surface area (Å²) in [6.45, 7) is 10.1. The Bertz CT molecular complexity index is 539. The van der Waals surface area contributed by atoms with Crippen LogP contribution in [0.15, 0.2) is 40.8 Å². The van der Waals surface area contributed by atoms with Crippen molar-refractivity contribution in [1.82, 2.24) is 0 Å². The van der Waals surface area contributed by atoms with Crippen molar-refractivity contribution >= 4 is 11.6 Å². The van der Waals surface area contributed by atoms with Crippen molar-refractivity contribution in [2.75, 3.05) is 26.2 Å². The van der Waals surface area contributed by atoms with Crippen molar-refractivity contribution in [3.05, 3.63) is 47.2 Å². The van der Waals surface area contributed by atoms with Crippen molar-refractivity contribution in [2.24, 2.45) is 0 Å². The summed E-state index contributed by atoms with van der Waals surface area (Å²) in [5.41, 5.74) is 1.07. The zero-order chi connectivity index (χ0) is 15.1. The first-order chi connectivity index (χ1) is 10.2. The minimum absolute atomic E-state index is 0. The van der Waals surface area contributed by atoms with Crippen molar-refractivity contribution in [1.29, 1.82) is 0 Å². The molecule has 1 aromatic heterocycles. The van der Waals surface area contributed by atoms with Crippen LogP contribution in [0.3, 0.4) is 0 Å². The maximum absolute atomic E-state index is 5.90. The van der Waals surface area contributed by atoms with E-state index in [4.69, 9.17) is 16.0 Å². The Morgan fingerprint density at radius 3 is 2.26 bits per heavy atom. The molecule has 3 nitrogen and oxygen atoms in total. The lowest BCUT2D eigenvalue weighted by molar-refractivity contribution is -0.910. The quantitative estimate of drug-likeness (QED) is 0.446. The number of likely N-dealkylation sites (N-methyl/N-ethyl adjacent to an activating group) is 1. The van der Waals surface area contributed by atoms with Gasteiger partial charge in [0, 0.05) is 10.6 Å². The van der Waals surface area contributed by atoms with Crippen LogP contribution in [0.1, 0.15) is 19.6 Å². The Morgan fingerprint density at radius 1 is 1.00 bits per heavy atom. The monoisotopic (exact) mass is 378 g/mol. The third-order valence-electron chi connectivity index (χ3n) is 3.84. The molecule has 1 heterocycles. The Labute approximate surface area is 156 Å². The minimum Gasteiger partial charge on any atom is -1.00 e. The molecule has 23 heavy (non-hydrogen) atoms. The molecule has 2 rings (SSSR count). The number of quaternary nitrogens is 2. The van der Waals surface area contributed by atoms with E-state index in [9.17, 15) is 0 Å². The van der Waals surface area contributed by atoms with Gasteiger partial charge in [-0.15, -0.1) is 0 Å². The molecule has 0 atom stereocenters. The Morgan fingerprint density at radius 2 is 1.65 bits per heavy atom. The molecule has 0 radical (unpaired) electrons. The molecule has 6 heteroatoms. The summed E-state index contributed by atoms with van der Waals surface area (Å²) in [4.78, 5) is 1.65. The SMILES string of the molecule is CC[NH+](CC)CC[NH2+]Cc1ccc(-c2ccc(Cl)cc2)o1.[Cl-].[Cl-]. The largest absolute Gasteiger partial charge is 1.00 e. The van der Waals surface area contributed by atoms with Gasteiger partial charge in [0.1, 0.15) is 25.4 Å². The van der Waals surface area contributed by atoms with Gasteiger partial charge in [0.05, 0.1) is 13.1 Å². The van der Waals surface area contributed by atoms with Crippen LogP contribution in [0.5, 0.6) is 0 Å². The van der Waals surface area contributed by atoms with Crippen LogP contribution in [0.2, 0.25) is 5.02 Å². The van der Waals surface area contributed by atoms with E-state index in [2.05, 4.69) is 25.2 Å². The average Bonchev–Trinajstić information content (AvgIpc) is 2.97. The molecule has 3 N–H and O–H groups in total. The first-order valence-corrected chi connectivity index (χ1v) is 8.10. The summed E-state index contributed by atoms with van der Waals surface area (Å²) in [5.74, 6) is 1.93. The first kappa shape index (κ1) is 22.3. The summed E-state index contributed by atoms with van der Waals surface area (Å²) in [6.07, 6.45) is 0. The van der Waals surface area contributed by atoms with Crippen LogP contribution in [0, 0.1) is 0 Å². The van der Waals surface area contributed by atoms with Crippen molar-refractivity contribution in [3.8, 4) is 11.3 Å². The first-order valence-electron chi connectivity index (χ1n) is 7.72. The second-order valence-corrected chi connectivity index (χ2v) is 5.70. The lowest BCUT2D eigenvalue weighted by atomic mass is 10.2. The van der Waals surface area contributed by atoms with Gasteiger partial charge in [-0.05, 0) is 50.2 Å². The molecule has 2 aromatic rings. The molecular formula is C17H25Cl3N2O. The van der Waals surface area contributed by atoms with Crippen LogP contribution in [0.25, 0.3) is 11.3 Å². The number of hydrogen-bond acceptors (Lipinski definition) is 1. The van der Waals surface area contributed by atoms with E-state index in [1.807, 2.05) is 30.3 Å². The molecule has 0 aliphatic heterocycles. The van der Waals surface area contributed by atoms with E-state index in [-0.39, 0.29) is 24.8 Å². The normalized spacial score (nSPS) is 10.3. The highest BCUT2D eigenvalue weighted by atomic mass is 35.5. The molecular weight excluding hydrogens is 355 g/mol. The van der Waals surface area contributed by atoms with Gasteiger partial charge in [-0.1, -0.05) is 11.6 Å². The number of halogens is 3. The van der Waals surface area contributed by atoms with E-state index < -0.39 is 0 Å². The van der Waals surface area contributed by atoms with Crippen LogP contribution in [0.4, 0.5) is 0 Å². The number of benzene rings is 1. The zero-order valence-corrected chi connectivity index (χ0v) is 15.9. The van der Waals surface area contributed by atoms with Gasteiger partial charge in [0.2, 0.25) is 0 Å². The van der Waals surface area contributed by atoms with Crippen molar-refractivity contribution in [2.45, 2.75) is 20.4 Å². The molecule has 0 saturated heterocycles. The molecule has 0 unspecified atom stereocenters.